The fourth-order valence-electron chi connectivity index (χ4n) is 2.28. The van der Waals surface area contributed by atoms with E-state index in [1.54, 1.807) is 0 Å². The maximum Gasteiger partial charge on any atom is 0.129 e. The van der Waals surface area contributed by atoms with Gasteiger partial charge in [-0.2, -0.15) is 11.8 Å². The number of hydrogen-bond acceptors (Lipinski definition) is 4. The van der Waals surface area contributed by atoms with Crippen molar-refractivity contribution in [3.05, 3.63) is 23.4 Å². The van der Waals surface area contributed by atoms with Crippen molar-refractivity contribution in [2.45, 2.75) is 26.3 Å². The number of nitrogens with one attached hydrogen (secondary N) is 1. The lowest BCUT2D eigenvalue weighted by atomic mass is 10.1. The quantitative estimate of drug-likeness (QED) is 0.884. The molecular weight excluding hydrogens is 242 g/mol. The molecule has 4 heteroatoms. The van der Waals surface area contributed by atoms with E-state index in [2.05, 4.69) is 29.3 Å². The fraction of sp³-hybridized carbons (Fsp3) is 0.643. The molecule has 0 spiro atoms. The predicted molar refractivity (Wildman–Crippen MR) is 80.5 cm³/mol. The van der Waals surface area contributed by atoms with Gasteiger partial charge in [-0.1, -0.05) is 13.3 Å². The summed E-state index contributed by atoms with van der Waals surface area (Å²) in [6.45, 7) is 5.40. The van der Waals surface area contributed by atoms with Gasteiger partial charge in [-0.15, -0.1) is 0 Å². The van der Waals surface area contributed by atoms with Crippen LogP contribution in [0.4, 0.5) is 5.82 Å². The van der Waals surface area contributed by atoms with E-state index in [4.69, 9.17) is 4.98 Å². The summed E-state index contributed by atoms with van der Waals surface area (Å²) in [5.74, 6) is 3.62. The van der Waals surface area contributed by atoms with Crippen LogP contribution in [-0.4, -0.2) is 36.6 Å². The van der Waals surface area contributed by atoms with Crippen LogP contribution in [0.3, 0.4) is 0 Å². The van der Waals surface area contributed by atoms with E-state index < -0.39 is 0 Å². The molecule has 0 radical (unpaired) electrons. The second-order valence-electron chi connectivity index (χ2n) is 4.70. The maximum absolute atomic E-state index is 4.82. The maximum atomic E-state index is 4.82. The molecule has 0 aliphatic carbocycles. The van der Waals surface area contributed by atoms with Crippen molar-refractivity contribution in [2.24, 2.45) is 0 Å². The molecule has 0 saturated carbocycles. The molecule has 100 valence electrons. The summed E-state index contributed by atoms with van der Waals surface area (Å²) in [7, 11) is 2.00. The number of hydrogen-bond donors (Lipinski definition) is 1. The van der Waals surface area contributed by atoms with Gasteiger partial charge in [-0.3, -0.25) is 0 Å². The van der Waals surface area contributed by atoms with Gasteiger partial charge >= 0.3 is 0 Å². The van der Waals surface area contributed by atoms with Gasteiger partial charge in [0.2, 0.25) is 0 Å². The minimum atomic E-state index is 0.925. The lowest BCUT2D eigenvalue weighted by molar-refractivity contribution is 0.787. The molecule has 0 unspecified atom stereocenters. The van der Waals surface area contributed by atoms with Gasteiger partial charge in [0.25, 0.3) is 0 Å². The van der Waals surface area contributed by atoms with E-state index >= 15 is 0 Å². The first-order valence-corrected chi connectivity index (χ1v) is 7.96. The lowest BCUT2D eigenvalue weighted by Gasteiger charge is -2.28. The van der Waals surface area contributed by atoms with Crippen LogP contribution in [0, 0.1) is 0 Å². The highest BCUT2D eigenvalue weighted by molar-refractivity contribution is 7.99. The number of aromatic nitrogens is 1. The van der Waals surface area contributed by atoms with E-state index in [1.807, 2.05) is 18.8 Å². The highest BCUT2D eigenvalue weighted by atomic mass is 32.2. The van der Waals surface area contributed by atoms with Gasteiger partial charge in [0, 0.05) is 36.8 Å². The third-order valence-electron chi connectivity index (χ3n) is 3.15. The topological polar surface area (TPSA) is 28.2 Å². The molecule has 1 aromatic heterocycles. The molecule has 0 amide bonds. The van der Waals surface area contributed by atoms with Crippen LogP contribution in [0.15, 0.2) is 12.1 Å². The van der Waals surface area contributed by atoms with E-state index in [9.17, 15) is 0 Å². The first-order valence-electron chi connectivity index (χ1n) is 6.80. The molecule has 1 aliphatic rings. The van der Waals surface area contributed by atoms with Crippen LogP contribution in [0.2, 0.25) is 0 Å². The van der Waals surface area contributed by atoms with Crippen LogP contribution in [0.5, 0.6) is 0 Å². The molecule has 0 aromatic carbocycles. The van der Waals surface area contributed by atoms with Crippen LogP contribution in [0.1, 0.15) is 24.6 Å². The predicted octanol–water partition coefficient (Wildman–Crippen LogP) is 2.31. The smallest absolute Gasteiger partial charge is 0.129 e. The van der Waals surface area contributed by atoms with Gasteiger partial charge < -0.3 is 10.2 Å². The molecule has 0 bridgehead atoms. The molecule has 1 saturated heterocycles. The molecule has 2 rings (SSSR count). The van der Waals surface area contributed by atoms with Crippen molar-refractivity contribution in [2.75, 3.05) is 36.5 Å². The number of anilines is 1. The molecule has 1 aliphatic heterocycles. The number of nitrogens with zero attached hydrogens (tertiary/aromatic N) is 2. The highest BCUT2D eigenvalue weighted by Crippen LogP contribution is 2.20. The molecule has 1 fully saturated rings. The Bertz CT molecular complexity index is 351. The monoisotopic (exact) mass is 265 g/mol. The summed E-state index contributed by atoms with van der Waals surface area (Å²) < 4.78 is 0. The number of aryl methyl sites for hydroxylation is 1. The second-order valence-corrected chi connectivity index (χ2v) is 5.93. The van der Waals surface area contributed by atoms with Crippen LogP contribution >= 0.6 is 11.8 Å². The van der Waals surface area contributed by atoms with E-state index in [0.29, 0.717) is 0 Å². The van der Waals surface area contributed by atoms with Crippen molar-refractivity contribution < 1.29 is 0 Å². The summed E-state index contributed by atoms with van der Waals surface area (Å²) in [5, 5.41) is 3.23. The van der Waals surface area contributed by atoms with Crippen molar-refractivity contribution in [3.63, 3.8) is 0 Å². The molecule has 0 atom stereocenters. The van der Waals surface area contributed by atoms with Crippen molar-refractivity contribution >= 4 is 17.6 Å². The van der Waals surface area contributed by atoms with Gasteiger partial charge in [0.1, 0.15) is 5.82 Å². The summed E-state index contributed by atoms with van der Waals surface area (Å²) in [6.07, 6.45) is 2.23. The summed E-state index contributed by atoms with van der Waals surface area (Å²) >= 11 is 2.04. The number of rotatable bonds is 5. The Hall–Kier alpha value is -0.740. The van der Waals surface area contributed by atoms with Crippen LogP contribution in [-0.2, 0) is 13.0 Å². The van der Waals surface area contributed by atoms with Crippen molar-refractivity contribution in [1.82, 2.24) is 10.3 Å². The van der Waals surface area contributed by atoms with Gasteiger partial charge in [0.15, 0.2) is 0 Å². The molecular formula is C14H23N3S. The number of pyridine rings is 1. The first kappa shape index (κ1) is 13.7. The third kappa shape index (κ3) is 3.62. The Labute approximate surface area is 114 Å². The van der Waals surface area contributed by atoms with Crippen LogP contribution in [0.25, 0.3) is 0 Å². The Balaban J connectivity index is 2.20. The lowest BCUT2D eigenvalue weighted by Crippen LogP contribution is -2.33. The summed E-state index contributed by atoms with van der Waals surface area (Å²) in [4.78, 5) is 7.24. The fourth-order valence-corrected chi connectivity index (χ4v) is 3.18. The highest BCUT2D eigenvalue weighted by Gasteiger charge is 2.13. The molecule has 1 aromatic rings. The molecule has 18 heavy (non-hydrogen) atoms. The molecule has 2 heterocycles. The average Bonchev–Trinajstić information content (AvgIpc) is 2.40. The first-order chi connectivity index (χ1) is 8.83. The molecule has 1 N–H and O–H groups in total. The largest absolute Gasteiger partial charge is 0.355 e. The van der Waals surface area contributed by atoms with E-state index in [-0.39, 0.29) is 0 Å². The normalized spacial score (nSPS) is 16.0. The van der Waals surface area contributed by atoms with Crippen molar-refractivity contribution in [3.8, 4) is 0 Å². The van der Waals surface area contributed by atoms with Crippen molar-refractivity contribution in [1.29, 1.82) is 0 Å². The third-order valence-corrected chi connectivity index (χ3v) is 4.09. The molecule has 3 nitrogen and oxygen atoms in total. The average molecular weight is 265 g/mol. The zero-order valence-electron chi connectivity index (χ0n) is 11.4. The van der Waals surface area contributed by atoms with Gasteiger partial charge in [-0.05, 0) is 31.2 Å². The standard InChI is InChI=1S/C14H23N3S/c1-3-4-13-9-12(11-15-2)10-14(16-13)17-5-7-18-8-6-17/h9-10,15H,3-8,11H2,1-2H3. The minimum absolute atomic E-state index is 0.925. The zero-order valence-corrected chi connectivity index (χ0v) is 12.2. The Morgan fingerprint density at radius 2 is 2.11 bits per heavy atom. The number of thioether (sulfide) groups is 1. The Morgan fingerprint density at radius 1 is 1.33 bits per heavy atom. The summed E-state index contributed by atoms with van der Waals surface area (Å²) in [6, 6.07) is 4.48. The van der Waals surface area contributed by atoms with E-state index in [1.165, 1.54) is 28.6 Å². The SMILES string of the molecule is CCCc1cc(CNC)cc(N2CCSCC2)n1. The summed E-state index contributed by atoms with van der Waals surface area (Å²) in [5.41, 5.74) is 2.59. The minimum Gasteiger partial charge on any atom is -0.355 e. The van der Waals surface area contributed by atoms with E-state index in [0.717, 1.165) is 32.5 Å². The van der Waals surface area contributed by atoms with Crippen LogP contribution < -0.4 is 10.2 Å². The zero-order chi connectivity index (χ0) is 12.8. The Morgan fingerprint density at radius 3 is 2.78 bits per heavy atom. The second kappa shape index (κ2) is 7.00. The van der Waals surface area contributed by atoms with Gasteiger partial charge in [-0.25, -0.2) is 4.98 Å². The Kier molecular flexibility index (Phi) is 5.32. The van der Waals surface area contributed by atoms with Gasteiger partial charge in [0.05, 0.1) is 0 Å².